The molecule has 6 heteroatoms. The average molecular weight is 535 g/mol. The third-order valence-corrected chi connectivity index (χ3v) is 8.59. The zero-order chi connectivity index (χ0) is 27.3. The van der Waals surface area contributed by atoms with Crippen molar-refractivity contribution in [1.82, 2.24) is 10.6 Å². The number of hydrogen-bond acceptors (Lipinski definition) is 4. The predicted molar refractivity (Wildman–Crippen MR) is 155 cm³/mol. The number of piperidine rings is 2. The van der Waals surface area contributed by atoms with Crippen LogP contribution in [0.15, 0.2) is 66.3 Å². The Morgan fingerprint density at radius 2 is 1.69 bits per heavy atom. The van der Waals surface area contributed by atoms with Gasteiger partial charge in [0.1, 0.15) is 0 Å². The van der Waals surface area contributed by atoms with Crippen molar-refractivity contribution in [2.75, 3.05) is 19.8 Å². The number of ether oxygens (including phenoxy) is 1. The third-order valence-electron chi connectivity index (χ3n) is 8.59. The Kier molecular flexibility index (Phi) is 11.4. The number of aliphatic hydroxyl groups is 1. The number of allylic oxidation sites excluding steroid dienone is 4. The predicted octanol–water partition coefficient (Wildman–Crippen LogP) is 5.39. The molecular weight excluding hydrogens is 488 g/mol. The highest BCUT2D eigenvalue weighted by atomic mass is 16.5. The highest BCUT2D eigenvalue weighted by Gasteiger charge is 2.62. The monoisotopic (exact) mass is 534 g/mol. The standard InChI is InChI=1S/C33H46N2O4/c36-22-14-7-3-1-5-12-18-27-24-28-29-19-21-34-32(38)33(29,30(27)35-31(28)37)20-13-6-2-4-8-15-23-39-25-26-16-10-9-11-17-26/h1-2,5-6,9-11,16-17,24,28-30,36H,3-4,7-8,12-15,18-23,25H2,(H,34,38)(H,35,37)/b5-1-,6-2-/t28-,29+,30+,33+/m1/s1. The van der Waals surface area contributed by atoms with Gasteiger partial charge < -0.3 is 20.5 Å². The fraction of sp³-hybridized carbons (Fsp3) is 0.576. The second kappa shape index (κ2) is 15.2. The van der Waals surface area contributed by atoms with Crippen molar-refractivity contribution in [2.45, 2.75) is 83.3 Å². The lowest BCUT2D eigenvalue weighted by Crippen LogP contribution is -2.71. The molecule has 3 heterocycles. The summed E-state index contributed by atoms with van der Waals surface area (Å²) in [5, 5.41) is 15.3. The fourth-order valence-corrected chi connectivity index (χ4v) is 6.59. The van der Waals surface area contributed by atoms with Crippen LogP contribution in [0, 0.1) is 17.3 Å². The Morgan fingerprint density at radius 1 is 0.949 bits per heavy atom. The number of nitrogens with one attached hydrogen (secondary N) is 2. The summed E-state index contributed by atoms with van der Waals surface area (Å²) < 4.78 is 5.78. The van der Waals surface area contributed by atoms with Gasteiger partial charge in [0.2, 0.25) is 11.8 Å². The van der Waals surface area contributed by atoms with Crippen molar-refractivity contribution in [3.8, 4) is 0 Å². The summed E-state index contributed by atoms with van der Waals surface area (Å²) >= 11 is 0. The van der Waals surface area contributed by atoms with Gasteiger partial charge in [-0.05, 0) is 87.7 Å². The molecule has 2 saturated heterocycles. The van der Waals surface area contributed by atoms with Crippen LogP contribution in [0.2, 0.25) is 0 Å². The van der Waals surface area contributed by atoms with Gasteiger partial charge in [-0.2, -0.15) is 0 Å². The highest BCUT2D eigenvalue weighted by molar-refractivity contribution is 5.93. The number of fused-ring (bicyclic) bond motifs is 1. The van der Waals surface area contributed by atoms with Crippen molar-refractivity contribution in [1.29, 1.82) is 0 Å². The van der Waals surface area contributed by atoms with E-state index in [1.807, 2.05) is 18.2 Å². The fourth-order valence-electron chi connectivity index (χ4n) is 6.59. The van der Waals surface area contributed by atoms with Gasteiger partial charge in [-0.25, -0.2) is 0 Å². The van der Waals surface area contributed by atoms with Crippen LogP contribution < -0.4 is 10.6 Å². The summed E-state index contributed by atoms with van der Waals surface area (Å²) in [5.74, 6) is 0.0777. The molecule has 0 aromatic heterocycles. The number of benzene rings is 1. The normalized spacial score (nSPS) is 26.1. The first-order chi connectivity index (χ1) is 19.2. The first kappa shape index (κ1) is 29.3. The Labute approximate surface area is 234 Å². The summed E-state index contributed by atoms with van der Waals surface area (Å²) in [6.07, 6.45) is 21.2. The highest BCUT2D eigenvalue weighted by Crippen LogP contribution is 2.54. The molecule has 1 aromatic rings. The molecule has 4 atom stereocenters. The molecular formula is C33H46N2O4. The SMILES string of the molecule is O=C1N[C@H]2C(CC/C=C\CCCCO)=C[C@@H]1[C@@H]1CCNC(=O)[C@]21CC/C=C\CCCCOCc1ccccc1. The van der Waals surface area contributed by atoms with Gasteiger partial charge in [-0.15, -0.1) is 0 Å². The van der Waals surface area contributed by atoms with Crippen molar-refractivity contribution in [2.24, 2.45) is 17.3 Å². The van der Waals surface area contributed by atoms with E-state index >= 15 is 0 Å². The molecule has 0 unspecified atom stereocenters. The van der Waals surface area contributed by atoms with Gasteiger partial charge in [0.15, 0.2) is 0 Å². The Bertz CT molecular complexity index is 1020. The quantitative estimate of drug-likeness (QED) is 0.185. The Balaban J connectivity index is 1.26. The number of rotatable bonds is 17. The van der Waals surface area contributed by atoms with Crippen molar-refractivity contribution in [3.05, 3.63) is 71.8 Å². The summed E-state index contributed by atoms with van der Waals surface area (Å²) in [6, 6.07) is 10.0. The minimum atomic E-state index is -0.554. The van der Waals surface area contributed by atoms with Gasteiger partial charge in [0, 0.05) is 19.8 Å². The first-order valence-corrected chi connectivity index (χ1v) is 15.0. The van der Waals surface area contributed by atoms with Crippen LogP contribution in [0.1, 0.15) is 76.2 Å². The van der Waals surface area contributed by atoms with Crippen molar-refractivity contribution >= 4 is 11.8 Å². The average Bonchev–Trinajstić information content (AvgIpc) is 2.95. The summed E-state index contributed by atoms with van der Waals surface area (Å²) in [4.78, 5) is 26.3. The number of unbranched alkanes of at least 4 members (excludes halogenated alkanes) is 4. The van der Waals surface area contributed by atoms with Crippen LogP contribution >= 0.6 is 0 Å². The molecule has 2 amide bonds. The van der Waals surface area contributed by atoms with E-state index in [0.29, 0.717) is 13.2 Å². The Morgan fingerprint density at radius 3 is 2.49 bits per heavy atom. The van der Waals surface area contributed by atoms with E-state index < -0.39 is 5.41 Å². The molecule has 1 aromatic carbocycles. The lowest BCUT2D eigenvalue weighted by atomic mass is 9.52. The molecule has 6 nitrogen and oxygen atoms in total. The van der Waals surface area contributed by atoms with E-state index in [0.717, 1.165) is 77.2 Å². The molecule has 212 valence electrons. The van der Waals surface area contributed by atoms with Crippen molar-refractivity contribution < 1.29 is 19.4 Å². The first-order valence-electron chi connectivity index (χ1n) is 15.0. The number of aliphatic hydroxyl groups excluding tert-OH is 1. The molecule has 0 saturated carbocycles. The van der Waals surface area contributed by atoms with Crippen LogP contribution in [-0.4, -0.2) is 42.7 Å². The molecule has 2 fully saturated rings. The zero-order valence-corrected chi connectivity index (χ0v) is 23.3. The molecule has 3 N–H and O–H groups in total. The molecule has 2 bridgehead atoms. The maximum absolute atomic E-state index is 13.5. The van der Waals surface area contributed by atoms with Crippen LogP contribution in [0.25, 0.3) is 0 Å². The lowest BCUT2D eigenvalue weighted by Gasteiger charge is -2.57. The molecule has 0 spiro atoms. The molecule has 3 aliphatic heterocycles. The maximum Gasteiger partial charge on any atom is 0.228 e. The minimum Gasteiger partial charge on any atom is -0.396 e. The largest absolute Gasteiger partial charge is 0.396 e. The molecule has 0 radical (unpaired) electrons. The molecule has 39 heavy (non-hydrogen) atoms. The minimum absolute atomic E-state index is 0.0814. The summed E-state index contributed by atoms with van der Waals surface area (Å²) in [6.45, 7) is 2.33. The van der Waals surface area contributed by atoms with Crippen LogP contribution in [0.3, 0.4) is 0 Å². The van der Waals surface area contributed by atoms with E-state index in [9.17, 15) is 9.59 Å². The third kappa shape index (κ3) is 7.49. The second-order valence-corrected chi connectivity index (χ2v) is 11.2. The Hall–Kier alpha value is -2.70. The van der Waals surface area contributed by atoms with Gasteiger partial charge >= 0.3 is 0 Å². The van der Waals surface area contributed by atoms with Crippen LogP contribution in [0.5, 0.6) is 0 Å². The van der Waals surface area contributed by atoms with Gasteiger partial charge in [-0.3, -0.25) is 9.59 Å². The topological polar surface area (TPSA) is 87.7 Å². The summed E-state index contributed by atoms with van der Waals surface area (Å²) in [7, 11) is 0. The lowest BCUT2D eigenvalue weighted by molar-refractivity contribution is -0.153. The molecule has 1 aliphatic carbocycles. The molecule has 5 rings (SSSR count). The number of carbonyl (C=O) groups is 2. The van der Waals surface area contributed by atoms with Gasteiger partial charge in [0.05, 0.1) is 24.0 Å². The van der Waals surface area contributed by atoms with E-state index in [1.54, 1.807) is 0 Å². The summed E-state index contributed by atoms with van der Waals surface area (Å²) in [5.41, 5.74) is 1.87. The number of hydrogen-bond donors (Lipinski definition) is 3. The number of carbonyl (C=O) groups excluding carboxylic acids is 2. The maximum atomic E-state index is 13.5. The van der Waals surface area contributed by atoms with Gasteiger partial charge in [-0.1, -0.05) is 60.7 Å². The van der Waals surface area contributed by atoms with Crippen LogP contribution in [0.4, 0.5) is 0 Å². The van der Waals surface area contributed by atoms with Crippen LogP contribution in [-0.2, 0) is 20.9 Å². The van der Waals surface area contributed by atoms with E-state index in [-0.39, 0.29) is 36.3 Å². The zero-order valence-electron chi connectivity index (χ0n) is 23.3. The smallest absolute Gasteiger partial charge is 0.228 e. The van der Waals surface area contributed by atoms with E-state index in [1.165, 1.54) is 11.1 Å². The second-order valence-electron chi connectivity index (χ2n) is 11.2. The molecule has 4 aliphatic rings. The number of amides is 2. The van der Waals surface area contributed by atoms with E-state index in [4.69, 9.17) is 9.84 Å². The van der Waals surface area contributed by atoms with Crippen molar-refractivity contribution in [3.63, 3.8) is 0 Å². The van der Waals surface area contributed by atoms with Gasteiger partial charge in [0.25, 0.3) is 0 Å². The van der Waals surface area contributed by atoms with E-state index in [2.05, 4.69) is 53.1 Å².